The Morgan fingerprint density at radius 1 is 1.10 bits per heavy atom. The van der Waals surface area contributed by atoms with Crippen LogP contribution >= 0.6 is 24.8 Å². The molecule has 6 nitrogen and oxygen atoms in total. The number of carbonyl (C=O) groups excluding carboxylic acids is 1. The van der Waals surface area contributed by atoms with Gasteiger partial charge < -0.3 is 19.9 Å². The van der Waals surface area contributed by atoms with Gasteiger partial charge in [-0.05, 0) is 36.6 Å². The number of benzene rings is 2. The van der Waals surface area contributed by atoms with Crippen LogP contribution in [-0.4, -0.2) is 40.0 Å². The van der Waals surface area contributed by atoms with Gasteiger partial charge in [0.15, 0.2) is 0 Å². The maximum Gasteiger partial charge on any atom is 0.242 e. The first-order chi connectivity index (χ1) is 14.0. The fourth-order valence-corrected chi connectivity index (χ4v) is 3.13. The molecule has 0 fully saturated rings. The second-order valence-electron chi connectivity index (χ2n) is 7.72. The molecule has 1 unspecified atom stereocenters. The number of imidazole rings is 1. The molecule has 0 saturated heterocycles. The first kappa shape index (κ1) is 26.8. The molecule has 0 aliphatic heterocycles. The van der Waals surface area contributed by atoms with Crippen molar-refractivity contribution in [2.45, 2.75) is 39.5 Å². The molecule has 0 bridgehead atoms. The highest BCUT2D eigenvalue weighted by Gasteiger charge is 2.17. The second-order valence-corrected chi connectivity index (χ2v) is 7.72. The fraction of sp³-hybridized carbons (Fsp3) is 0.391. The zero-order valence-electron chi connectivity index (χ0n) is 18.2. The Morgan fingerprint density at radius 2 is 1.74 bits per heavy atom. The Labute approximate surface area is 196 Å². The summed E-state index contributed by atoms with van der Waals surface area (Å²) in [5.41, 5.74) is 7.91. The van der Waals surface area contributed by atoms with Gasteiger partial charge in [0.1, 0.15) is 24.7 Å². The highest BCUT2D eigenvalue weighted by molar-refractivity contribution is 5.85. The number of rotatable bonds is 9. The van der Waals surface area contributed by atoms with E-state index in [4.69, 9.17) is 10.5 Å². The fourth-order valence-electron chi connectivity index (χ4n) is 3.13. The molecule has 0 saturated carbocycles. The van der Waals surface area contributed by atoms with E-state index in [1.54, 1.807) is 4.90 Å². The number of likely N-dealkylation sites (N-methyl/N-ethyl adjacent to an activating group) is 1. The normalized spacial score (nSPS) is 11.5. The molecular formula is C23H32Cl2N4O2. The maximum atomic E-state index is 12.9. The van der Waals surface area contributed by atoms with Gasteiger partial charge in [-0.2, -0.15) is 0 Å². The highest BCUT2D eigenvalue weighted by atomic mass is 35.5. The van der Waals surface area contributed by atoms with Crippen LogP contribution in [0.1, 0.15) is 26.1 Å². The third-order valence-corrected chi connectivity index (χ3v) is 5.22. The number of nitrogens with two attached hydrogens (primary N) is 1. The van der Waals surface area contributed by atoms with E-state index < -0.39 is 0 Å². The molecule has 2 aromatic carbocycles. The van der Waals surface area contributed by atoms with E-state index in [0.717, 1.165) is 29.0 Å². The van der Waals surface area contributed by atoms with Crippen LogP contribution in [0.3, 0.4) is 0 Å². The number of carbonyl (C=O) groups is 1. The molecule has 1 atom stereocenters. The summed E-state index contributed by atoms with van der Waals surface area (Å²) in [6.07, 6.45) is 0.786. The number of aromatic nitrogens is 2. The van der Waals surface area contributed by atoms with Crippen molar-refractivity contribution in [3.63, 3.8) is 0 Å². The number of fused-ring (bicyclic) bond motifs is 1. The third kappa shape index (κ3) is 7.13. The highest BCUT2D eigenvalue weighted by Crippen LogP contribution is 2.19. The van der Waals surface area contributed by atoms with Crippen molar-refractivity contribution in [3.8, 4) is 5.75 Å². The number of hydrogen-bond donors (Lipinski definition) is 1. The molecule has 31 heavy (non-hydrogen) atoms. The van der Waals surface area contributed by atoms with E-state index in [1.807, 2.05) is 66.2 Å². The standard InChI is InChI=1S/C23H30N4O2.2ClH/c1-17(2)19(24)13-14-26(3)23(28)15-27-21-12-8-7-11-20(21)25-22(27)16-29-18-9-5-4-6-10-18;;/h4-12,17,19H,13-16,24H2,1-3H3;2*1H. The minimum Gasteiger partial charge on any atom is -0.486 e. The predicted octanol–water partition coefficient (Wildman–Crippen LogP) is 4.29. The molecule has 1 heterocycles. The molecule has 3 aromatic rings. The van der Waals surface area contributed by atoms with Gasteiger partial charge in [-0.15, -0.1) is 24.8 Å². The van der Waals surface area contributed by atoms with Crippen LogP contribution in [0.15, 0.2) is 54.6 Å². The summed E-state index contributed by atoms with van der Waals surface area (Å²) in [6, 6.07) is 17.5. The number of amides is 1. The van der Waals surface area contributed by atoms with Gasteiger partial charge in [-0.1, -0.05) is 44.2 Å². The Kier molecular flexibility index (Phi) is 10.8. The van der Waals surface area contributed by atoms with Crippen LogP contribution in [0.25, 0.3) is 11.0 Å². The summed E-state index contributed by atoms with van der Waals surface area (Å²) in [5, 5.41) is 0. The number of halogens is 2. The molecule has 170 valence electrons. The van der Waals surface area contributed by atoms with Crippen molar-refractivity contribution in [1.82, 2.24) is 14.5 Å². The Balaban J connectivity index is 0.00000240. The maximum absolute atomic E-state index is 12.9. The van der Waals surface area contributed by atoms with E-state index >= 15 is 0 Å². The molecular weight excluding hydrogens is 435 g/mol. The van der Waals surface area contributed by atoms with E-state index in [-0.39, 0.29) is 43.3 Å². The van der Waals surface area contributed by atoms with E-state index in [2.05, 4.69) is 18.8 Å². The first-order valence-electron chi connectivity index (χ1n) is 10.1. The lowest BCUT2D eigenvalue weighted by atomic mass is 10.0. The molecule has 0 aliphatic rings. The van der Waals surface area contributed by atoms with Gasteiger partial charge in [0.2, 0.25) is 5.91 Å². The van der Waals surface area contributed by atoms with Crippen LogP contribution in [0.5, 0.6) is 5.75 Å². The molecule has 0 radical (unpaired) electrons. The zero-order chi connectivity index (χ0) is 20.8. The molecule has 2 N–H and O–H groups in total. The number of ether oxygens (including phenoxy) is 1. The van der Waals surface area contributed by atoms with Gasteiger partial charge in [-0.3, -0.25) is 4.79 Å². The number of para-hydroxylation sites is 3. The Morgan fingerprint density at radius 3 is 2.42 bits per heavy atom. The lowest BCUT2D eigenvalue weighted by molar-refractivity contribution is -0.130. The number of hydrogen-bond acceptors (Lipinski definition) is 4. The van der Waals surface area contributed by atoms with Crippen molar-refractivity contribution in [3.05, 3.63) is 60.4 Å². The smallest absolute Gasteiger partial charge is 0.242 e. The van der Waals surface area contributed by atoms with Crippen molar-refractivity contribution in [2.24, 2.45) is 11.7 Å². The molecule has 1 aromatic heterocycles. The summed E-state index contributed by atoms with van der Waals surface area (Å²) in [7, 11) is 1.83. The average molecular weight is 467 g/mol. The van der Waals surface area contributed by atoms with Gasteiger partial charge in [0.25, 0.3) is 0 Å². The first-order valence-corrected chi connectivity index (χ1v) is 10.1. The molecule has 0 aliphatic carbocycles. The van der Waals surface area contributed by atoms with Crippen LogP contribution in [0.4, 0.5) is 0 Å². The van der Waals surface area contributed by atoms with Crippen molar-refractivity contribution in [2.75, 3.05) is 13.6 Å². The molecule has 8 heteroatoms. The van der Waals surface area contributed by atoms with Crippen LogP contribution in [-0.2, 0) is 17.9 Å². The minimum absolute atomic E-state index is 0. The lowest BCUT2D eigenvalue weighted by Gasteiger charge is -2.22. The van der Waals surface area contributed by atoms with Crippen LogP contribution in [0, 0.1) is 5.92 Å². The lowest BCUT2D eigenvalue weighted by Crippen LogP contribution is -2.36. The van der Waals surface area contributed by atoms with Crippen molar-refractivity contribution < 1.29 is 9.53 Å². The summed E-state index contributed by atoms with van der Waals surface area (Å²) >= 11 is 0. The van der Waals surface area contributed by atoms with Gasteiger partial charge >= 0.3 is 0 Å². The van der Waals surface area contributed by atoms with Crippen LogP contribution in [0.2, 0.25) is 0 Å². The quantitative estimate of drug-likeness (QED) is 0.510. The van der Waals surface area contributed by atoms with Crippen LogP contribution < -0.4 is 10.5 Å². The monoisotopic (exact) mass is 466 g/mol. The summed E-state index contributed by atoms with van der Waals surface area (Å²) in [4.78, 5) is 19.3. The summed E-state index contributed by atoms with van der Waals surface area (Å²) in [6.45, 7) is 5.36. The summed E-state index contributed by atoms with van der Waals surface area (Å²) < 4.78 is 7.83. The van der Waals surface area contributed by atoms with E-state index in [9.17, 15) is 4.79 Å². The largest absolute Gasteiger partial charge is 0.486 e. The van der Waals surface area contributed by atoms with Gasteiger partial charge in [0, 0.05) is 19.6 Å². The SMILES string of the molecule is CC(C)C(N)CCN(C)C(=O)Cn1c(COc2ccccc2)nc2ccccc21.Cl.Cl. The molecule has 3 rings (SSSR count). The zero-order valence-corrected chi connectivity index (χ0v) is 19.9. The predicted molar refractivity (Wildman–Crippen MR) is 130 cm³/mol. The Bertz CT molecular complexity index is 947. The van der Waals surface area contributed by atoms with E-state index in [0.29, 0.717) is 19.1 Å². The third-order valence-electron chi connectivity index (χ3n) is 5.22. The summed E-state index contributed by atoms with van der Waals surface area (Å²) in [5.74, 6) is 1.94. The van der Waals surface area contributed by atoms with Crippen molar-refractivity contribution in [1.29, 1.82) is 0 Å². The van der Waals surface area contributed by atoms with Gasteiger partial charge in [0.05, 0.1) is 11.0 Å². The second kappa shape index (κ2) is 12.5. The molecule has 0 spiro atoms. The molecule has 1 amide bonds. The Hall–Kier alpha value is -2.28. The average Bonchev–Trinajstić information content (AvgIpc) is 3.08. The minimum atomic E-state index is 0. The topological polar surface area (TPSA) is 73.4 Å². The van der Waals surface area contributed by atoms with Crippen molar-refractivity contribution >= 4 is 41.8 Å². The van der Waals surface area contributed by atoms with Gasteiger partial charge in [-0.25, -0.2) is 4.98 Å². The number of nitrogens with zero attached hydrogens (tertiary/aromatic N) is 3. The van der Waals surface area contributed by atoms with E-state index in [1.165, 1.54) is 0 Å².